The maximum atomic E-state index is 6.94. The maximum absolute atomic E-state index is 6.94. The first kappa shape index (κ1) is 8.89. The van der Waals surface area contributed by atoms with Crippen LogP contribution in [0.1, 0.15) is 5.56 Å². The van der Waals surface area contributed by atoms with Crippen molar-refractivity contribution in [2.45, 2.75) is 6.54 Å². The standard InChI is InChI=1S/C7H8N.Ti/c8-6-7-4-2-1-3-5-7;/h1-5,8H,6H2;/q-1;. The number of benzene rings is 1. The topological polar surface area (TPSA) is 23.8 Å². The van der Waals surface area contributed by atoms with Crippen molar-refractivity contribution in [2.75, 3.05) is 0 Å². The third kappa shape index (κ3) is 2.80. The molecule has 0 aliphatic carbocycles. The van der Waals surface area contributed by atoms with E-state index in [0.29, 0.717) is 6.54 Å². The Morgan fingerprint density at radius 3 is 2.00 bits per heavy atom. The molecule has 9 heavy (non-hydrogen) atoms. The molecule has 1 aromatic rings. The summed E-state index contributed by atoms with van der Waals surface area (Å²) in [5, 5.41) is 0. The van der Waals surface area contributed by atoms with Gasteiger partial charge in [-0.2, -0.15) is 0 Å². The normalized spacial score (nSPS) is 8.11. The van der Waals surface area contributed by atoms with Crippen molar-refractivity contribution in [2.24, 2.45) is 0 Å². The molecule has 0 aromatic heterocycles. The van der Waals surface area contributed by atoms with Gasteiger partial charge in [0.1, 0.15) is 0 Å². The molecule has 1 rings (SSSR count). The zero-order valence-corrected chi connectivity index (χ0v) is 6.66. The zero-order chi connectivity index (χ0) is 5.82. The Morgan fingerprint density at radius 2 is 1.67 bits per heavy atom. The van der Waals surface area contributed by atoms with Gasteiger partial charge >= 0.3 is 0 Å². The van der Waals surface area contributed by atoms with Crippen LogP contribution >= 0.6 is 0 Å². The van der Waals surface area contributed by atoms with Gasteiger partial charge in [-0.15, -0.1) is 6.54 Å². The van der Waals surface area contributed by atoms with Crippen LogP contribution in [0, 0.1) is 0 Å². The summed E-state index contributed by atoms with van der Waals surface area (Å²) in [7, 11) is 0. The summed E-state index contributed by atoms with van der Waals surface area (Å²) in [6.45, 7) is 0.390. The van der Waals surface area contributed by atoms with Crippen molar-refractivity contribution in [3.8, 4) is 0 Å². The smallest absolute Gasteiger partial charge is 0 e. The average molecular weight is 154 g/mol. The van der Waals surface area contributed by atoms with Crippen LogP contribution < -0.4 is 0 Å². The van der Waals surface area contributed by atoms with E-state index in [0.717, 1.165) is 5.56 Å². The second-order valence-electron chi connectivity index (χ2n) is 1.66. The largest absolute Gasteiger partial charge is 0.674 e. The molecular weight excluding hydrogens is 146 g/mol. The van der Waals surface area contributed by atoms with Crippen LogP contribution in [0.5, 0.6) is 0 Å². The second kappa shape index (κ2) is 4.74. The van der Waals surface area contributed by atoms with E-state index in [1.807, 2.05) is 30.3 Å². The predicted octanol–water partition coefficient (Wildman–Crippen LogP) is 2.24. The molecule has 0 heterocycles. The van der Waals surface area contributed by atoms with Gasteiger partial charge in [0, 0.05) is 21.7 Å². The molecule has 0 saturated carbocycles. The van der Waals surface area contributed by atoms with E-state index in [1.54, 1.807) is 0 Å². The van der Waals surface area contributed by atoms with Gasteiger partial charge in [0.25, 0.3) is 0 Å². The van der Waals surface area contributed by atoms with Gasteiger partial charge in [-0.25, -0.2) is 0 Å². The molecule has 0 unspecified atom stereocenters. The van der Waals surface area contributed by atoms with Crippen LogP contribution in [0.4, 0.5) is 0 Å². The Bertz CT molecular complexity index is 150. The van der Waals surface area contributed by atoms with E-state index >= 15 is 0 Å². The Balaban J connectivity index is 0.000000640. The summed E-state index contributed by atoms with van der Waals surface area (Å²) in [6.07, 6.45) is 0. The first-order valence-electron chi connectivity index (χ1n) is 2.62. The summed E-state index contributed by atoms with van der Waals surface area (Å²) < 4.78 is 0. The Morgan fingerprint density at radius 1 is 1.11 bits per heavy atom. The fourth-order valence-corrected chi connectivity index (χ4v) is 0.596. The molecule has 0 atom stereocenters. The predicted molar refractivity (Wildman–Crippen MR) is 34.5 cm³/mol. The molecular formula is C7H8NTi-. The molecule has 0 aliphatic heterocycles. The van der Waals surface area contributed by atoms with Crippen molar-refractivity contribution in [3.63, 3.8) is 0 Å². The fourth-order valence-electron chi connectivity index (χ4n) is 0.596. The van der Waals surface area contributed by atoms with Gasteiger partial charge in [-0.3, -0.25) is 0 Å². The molecule has 0 saturated heterocycles. The van der Waals surface area contributed by atoms with Gasteiger partial charge in [-0.05, 0) is 0 Å². The van der Waals surface area contributed by atoms with Crippen LogP contribution in [0.3, 0.4) is 0 Å². The number of nitrogens with one attached hydrogen (secondary N) is 1. The number of hydrogen-bond acceptors (Lipinski definition) is 0. The van der Waals surface area contributed by atoms with Crippen LogP contribution in [0.25, 0.3) is 5.73 Å². The maximum Gasteiger partial charge on any atom is 0 e. The van der Waals surface area contributed by atoms with E-state index in [4.69, 9.17) is 5.73 Å². The minimum absolute atomic E-state index is 0. The Labute approximate surface area is 70.1 Å². The minimum Gasteiger partial charge on any atom is -0.674 e. The van der Waals surface area contributed by atoms with Crippen molar-refractivity contribution in [3.05, 3.63) is 41.6 Å². The van der Waals surface area contributed by atoms with E-state index in [2.05, 4.69) is 0 Å². The number of rotatable bonds is 1. The summed E-state index contributed by atoms with van der Waals surface area (Å²) in [4.78, 5) is 0. The van der Waals surface area contributed by atoms with Gasteiger partial charge < -0.3 is 5.73 Å². The van der Waals surface area contributed by atoms with Crippen molar-refractivity contribution in [1.29, 1.82) is 0 Å². The molecule has 0 spiro atoms. The van der Waals surface area contributed by atoms with E-state index in [1.165, 1.54) is 0 Å². The van der Waals surface area contributed by atoms with Gasteiger partial charge in [0.15, 0.2) is 0 Å². The van der Waals surface area contributed by atoms with Crippen molar-refractivity contribution in [1.82, 2.24) is 0 Å². The summed E-state index contributed by atoms with van der Waals surface area (Å²) in [5.74, 6) is 0. The van der Waals surface area contributed by atoms with Crippen LogP contribution in [-0.4, -0.2) is 0 Å². The van der Waals surface area contributed by atoms with Crippen LogP contribution in [-0.2, 0) is 28.3 Å². The van der Waals surface area contributed by atoms with Gasteiger partial charge in [-0.1, -0.05) is 35.9 Å². The summed E-state index contributed by atoms with van der Waals surface area (Å²) in [6, 6.07) is 9.76. The Hall–Kier alpha value is -0.106. The molecule has 0 bridgehead atoms. The van der Waals surface area contributed by atoms with E-state index in [9.17, 15) is 0 Å². The second-order valence-corrected chi connectivity index (χ2v) is 1.66. The van der Waals surface area contributed by atoms with Gasteiger partial charge in [0.05, 0.1) is 0 Å². The van der Waals surface area contributed by atoms with Gasteiger partial charge in [0.2, 0.25) is 0 Å². The SMILES string of the molecule is [NH-]Cc1ccccc1.[Ti]. The molecule has 2 heteroatoms. The van der Waals surface area contributed by atoms with E-state index in [-0.39, 0.29) is 21.7 Å². The zero-order valence-electron chi connectivity index (χ0n) is 5.09. The molecule has 0 fully saturated rings. The molecule has 0 aliphatic rings. The summed E-state index contributed by atoms with van der Waals surface area (Å²) >= 11 is 0. The quantitative estimate of drug-likeness (QED) is 0.554. The summed E-state index contributed by atoms with van der Waals surface area (Å²) in [5.41, 5.74) is 8.02. The van der Waals surface area contributed by atoms with Crippen molar-refractivity contribution < 1.29 is 21.7 Å². The number of hydrogen-bond donors (Lipinski definition) is 0. The molecule has 46 valence electrons. The van der Waals surface area contributed by atoms with Crippen molar-refractivity contribution >= 4 is 0 Å². The molecule has 1 nitrogen and oxygen atoms in total. The van der Waals surface area contributed by atoms with E-state index < -0.39 is 0 Å². The molecule has 0 radical (unpaired) electrons. The first-order chi connectivity index (χ1) is 3.93. The molecule has 1 N–H and O–H groups in total. The monoisotopic (exact) mass is 154 g/mol. The Kier molecular flexibility index (Phi) is 4.69. The third-order valence-corrected chi connectivity index (χ3v) is 1.05. The third-order valence-electron chi connectivity index (χ3n) is 1.05. The minimum atomic E-state index is 0. The first-order valence-corrected chi connectivity index (χ1v) is 2.62. The fraction of sp³-hybridized carbons (Fsp3) is 0.143. The molecule has 0 amide bonds. The van der Waals surface area contributed by atoms with Crippen LogP contribution in [0.2, 0.25) is 0 Å². The molecule has 1 aromatic carbocycles. The average Bonchev–Trinajstić information content (AvgIpc) is 1.90. The van der Waals surface area contributed by atoms with Crippen LogP contribution in [0.15, 0.2) is 30.3 Å².